The average molecular weight is 432 g/mol. The fourth-order valence-corrected chi connectivity index (χ4v) is 6.08. The van der Waals surface area contributed by atoms with E-state index in [-0.39, 0.29) is 29.9 Å². The minimum atomic E-state index is -2.66. The second kappa shape index (κ2) is 8.06. The van der Waals surface area contributed by atoms with Crippen LogP contribution < -0.4 is 15.8 Å². The molecule has 1 saturated heterocycles. The van der Waals surface area contributed by atoms with Crippen molar-refractivity contribution < 1.29 is 18.5 Å². The largest absolute Gasteiger partial charge is 0.491 e. The van der Waals surface area contributed by atoms with Crippen molar-refractivity contribution in [3.63, 3.8) is 0 Å². The van der Waals surface area contributed by atoms with Gasteiger partial charge in [-0.3, -0.25) is 9.59 Å². The minimum absolute atomic E-state index is 0.0289. The molecule has 0 bridgehead atoms. The van der Waals surface area contributed by atoms with Crippen molar-refractivity contribution in [1.82, 2.24) is 5.32 Å². The molecule has 2 heterocycles. The zero-order chi connectivity index (χ0) is 21.4. The van der Waals surface area contributed by atoms with Crippen LogP contribution in [0, 0.1) is 11.3 Å². The summed E-state index contributed by atoms with van der Waals surface area (Å²) in [6.07, 6.45) is 6.05. The minimum Gasteiger partial charge on any atom is -0.491 e. The van der Waals surface area contributed by atoms with Crippen LogP contribution in [-0.4, -0.2) is 40.8 Å². The Kier molecular flexibility index (Phi) is 5.61. The van der Waals surface area contributed by atoms with E-state index >= 15 is 0 Å². The number of ether oxygens (including phenoxy) is 1. The van der Waals surface area contributed by atoms with E-state index < -0.39 is 15.1 Å². The molecule has 1 aliphatic carbocycles. The topological polar surface area (TPSA) is 111 Å². The highest BCUT2D eigenvalue weighted by molar-refractivity contribution is 7.98. The first kappa shape index (κ1) is 20.9. The molecule has 162 valence electrons. The van der Waals surface area contributed by atoms with Crippen molar-refractivity contribution in [2.24, 2.45) is 21.5 Å². The number of hydrogen-bond acceptors (Lipinski definition) is 5. The molecular weight excluding hydrogens is 402 g/mol. The number of amidine groups is 1. The number of benzene rings is 1. The number of Topliss-reactive ketones (excluding diaryl/α,β-unsaturated/α-hetero) is 1. The summed E-state index contributed by atoms with van der Waals surface area (Å²) in [5, 5.41) is 2.86. The fourth-order valence-electron chi connectivity index (χ4n) is 4.84. The molecule has 1 amide bonds. The Balaban J connectivity index is 1.60. The fraction of sp³-hybridized carbons (Fsp3) is 0.545. The van der Waals surface area contributed by atoms with Gasteiger partial charge in [0.25, 0.3) is 0 Å². The van der Waals surface area contributed by atoms with Crippen LogP contribution in [0.15, 0.2) is 22.6 Å². The van der Waals surface area contributed by atoms with Crippen LogP contribution in [-0.2, 0) is 25.0 Å². The molecule has 1 saturated carbocycles. The number of nitrogens with one attached hydrogen (secondary N) is 1. The van der Waals surface area contributed by atoms with Crippen LogP contribution in [0.25, 0.3) is 0 Å². The standard InChI is InChI=1S/C22H29N3O4S/c1-30(28)13-16-8-4-9-17(19(16)20(23)25-30)29-14-22(10-5-11-24-21(22)27)18(26)12-15-6-2-3-7-15/h4,8-9,15H,1-3,5-7,10-14H2,(H,24,27)(H2,23,25,28). The van der Waals surface area contributed by atoms with Gasteiger partial charge in [0.05, 0.1) is 21.0 Å². The van der Waals surface area contributed by atoms with Gasteiger partial charge in [-0.2, -0.15) is 4.40 Å². The molecule has 1 aromatic rings. The summed E-state index contributed by atoms with van der Waals surface area (Å²) in [5.41, 5.74) is 6.22. The Morgan fingerprint density at radius 3 is 2.83 bits per heavy atom. The van der Waals surface area contributed by atoms with Gasteiger partial charge in [-0.15, -0.1) is 0 Å². The molecule has 2 atom stereocenters. The first-order chi connectivity index (χ1) is 14.3. The lowest BCUT2D eigenvalue weighted by Crippen LogP contribution is -2.54. The van der Waals surface area contributed by atoms with Gasteiger partial charge in [0.1, 0.15) is 23.6 Å². The number of fused-ring (bicyclic) bond motifs is 1. The molecule has 2 aliphatic heterocycles. The van der Waals surface area contributed by atoms with E-state index in [4.69, 9.17) is 10.5 Å². The maximum atomic E-state index is 13.3. The van der Waals surface area contributed by atoms with E-state index in [0.29, 0.717) is 36.6 Å². The van der Waals surface area contributed by atoms with Gasteiger partial charge in [-0.1, -0.05) is 37.8 Å². The van der Waals surface area contributed by atoms with Crippen LogP contribution in [0.2, 0.25) is 0 Å². The van der Waals surface area contributed by atoms with Crippen LogP contribution in [0.1, 0.15) is 56.1 Å². The van der Waals surface area contributed by atoms with E-state index in [2.05, 4.69) is 15.6 Å². The number of nitrogens with two attached hydrogens (primary N) is 1. The predicted molar refractivity (Wildman–Crippen MR) is 118 cm³/mol. The van der Waals surface area contributed by atoms with Crippen molar-refractivity contribution >= 4 is 33.1 Å². The van der Waals surface area contributed by atoms with Crippen LogP contribution >= 0.6 is 0 Å². The molecule has 2 fully saturated rings. The summed E-state index contributed by atoms with van der Waals surface area (Å²) >= 11 is 0. The number of ketones is 1. The van der Waals surface area contributed by atoms with Crippen LogP contribution in [0.4, 0.5) is 0 Å². The third-order valence-electron chi connectivity index (χ3n) is 6.47. The third kappa shape index (κ3) is 3.97. The Labute approximate surface area is 177 Å². The Hall–Kier alpha value is -2.35. The number of hydrogen-bond donors (Lipinski definition) is 2. The molecule has 30 heavy (non-hydrogen) atoms. The summed E-state index contributed by atoms with van der Waals surface area (Å²) in [4.78, 5) is 26.2. The second-order valence-corrected chi connectivity index (χ2v) is 10.7. The number of rotatable bonds is 6. The van der Waals surface area contributed by atoms with Gasteiger partial charge in [0.2, 0.25) is 5.91 Å². The molecule has 0 spiro atoms. The first-order valence-electron chi connectivity index (χ1n) is 10.6. The molecule has 2 unspecified atom stereocenters. The smallest absolute Gasteiger partial charge is 0.237 e. The molecule has 7 nitrogen and oxygen atoms in total. The van der Waals surface area contributed by atoms with Gasteiger partial charge < -0.3 is 15.8 Å². The second-order valence-electron chi connectivity index (χ2n) is 8.69. The van der Waals surface area contributed by atoms with Crippen molar-refractivity contribution in [1.29, 1.82) is 0 Å². The third-order valence-corrected chi connectivity index (χ3v) is 7.76. The van der Waals surface area contributed by atoms with E-state index in [0.717, 1.165) is 37.7 Å². The number of amides is 1. The molecule has 3 N–H and O–H groups in total. The summed E-state index contributed by atoms with van der Waals surface area (Å²) in [6, 6.07) is 5.35. The summed E-state index contributed by atoms with van der Waals surface area (Å²) in [7, 11) is -2.66. The first-order valence-corrected chi connectivity index (χ1v) is 12.4. The van der Waals surface area contributed by atoms with Gasteiger partial charge in [-0.05, 0) is 36.3 Å². The number of piperidine rings is 1. The Morgan fingerprint density at radius 1 is 1.33 bits per heavy atom. The van der Waals surface area contributed by atoms with Gasteiger partial charge >= 0.3 is 0 Å². The van der Waals surface area contributed by atoms with Crippen molar-refractivity contribution in [2.75, 3.05) is 13.2 Å². The lowest BCUT2D eigenvalue weighted by Gasteiger charge is -2.35. The highest BCUT2D eigenvalue weighted by atomic mass is 32.2. The normalized spacial score (nSPS) is 29.1. The van der Waals surface area contributed by atoms with Crippen molar-refractivity contribution in [3.05, 3.63) is 29.3 Å². The van der Waals surface area contributed by atoms with E-state index in [1.54, 1.807) is 12.1 Å². The van der Waals surface area contributed by atoms with Gasteiger partial charge in [0, 0.05) is 13.0 Å². The van der Waals surface area contributed by atoms with E-state index in [1.165, 1.54) is 0 Å². The average Bonchev–Trinajstić information content (AvgIpc) is 3.19. The van der Waals surface area contributed by atoms with Gasteiger partial charge in [0.15, 0.2) is 5.78 Å². The molecular formula is C22H29N3O4S. The molecule has 0 aromatic heterocycles. The molecule has 8 heteroatoms. The number of carbonyl (C=O) groups excluding carboxylic acids is 2. The predicted octanol–water partition coefficient (Wildman–Crippen LogP) is 1.96. The lowest BCUT2D eigenvalue weighted by atomic mass is 9.74. The van der Waals surface area contributed by atoms with Crippen molar-refractivity contribution in [3.8, 4) is 5.75 Å². The zero-order valence-corrected chi connectivity index (χ0v) is 18.0. The Bertz CT molecular complexity index is 996. The maximum Gasteiger partial charge on any atom is 0.237 e. The highest BCUT2D eigenvalue weighted by Crippen LogP contribution is 2.37. The molecule has 1 aromatic carbocycles. The Morgan fingerprint density at radius 2 is 2.10 bits per heavy atom. The number of nitrogens with zero attached hydrogens (tertiary/aromatic N) is 1. The lowest BCUT2D eigenvalue weighted by molar-refractivity contribution is -0.147. The van der Waals surface area contributed by atoms with Gasteiger partial charge in [-0.25, -0.2) is 4.21 Å². The van der Waals surface area contributed by atoms with E-state index in [1.807, 2.05) is 6.07 Å². The summed E-state index contributed by atoms with van der Waals surface area (Å²) < 4.78 is 22.4. The molecule has 0 radical (unpaired) electrons. The zero-order valence-electron chi connectivity index (χ0n) is 17.2. The summed E-state index contributed by atoms with van der Waals surface area (Å²) in [6.45, 7) is 0.545. The molecule has 4 rings (SSSR count). The van der Waals surface area contributed by atoms with Crippen molar-refractivity contribution in [2.45, 2.75) is 50.7 Å². The SMILES string of the molecule is C=S1(=O)Cc2cccc(OCC3(C(=O)CC4CCCC4)CCCNC3=O)c2C(N)=N1. The maximum absolute atomic E-state index is 13.3. The number of carbonyl (C=O) groups is 2. The quantitative estimate of drug-likeness (QED) is 0.528. The monoisotopic (exact) mass is 431 g/mol. The summed E-state index contributed by atoms with van der Waals surface area (Å²) in [5.74, 6) is 4.49. The van der Waals surface area contributed by atoms with Crippen LogP contribution in [0.3, 0.4) is 0 Å². The van der Waals surface area contributed by atoms with Crippen LogP contribution in [0.5, 0.6) is 5.75 Å². The van der Waals surface area contributed by atoms with E-state index in [9.17, 15) is 13.8 Å². The molecule has 3 aliphatic rings. The highest BCUT2D eigenvalue weighted by Gasteiger charge is 2.48.